The SMILES string of the molecule is CC/C=C/C=C/C=C\C=C/CCCC(CC(=O)NC(CO)C(O)CCCCCCCCCCCCCCCC)OC(=O)CCCCCCCCC/C=C/C=C/C=C/CC. The molecule has 59 heavy (non-hydrogen) atoms. The summed E-state index contributed by atoms with van der Waals surface area (Å²) in [6, 6.07) is -0.728. The first kappa shape index (κ1) is 56.0. The van der Waals surface area contributed by atoms with E-state index in [0.29, 0.717) is 19.3 Å². The second kappa shape index (κ2) is 46.1. The molecule has 0 saturated carbocycles. The number of allylic oxidation sites excluding steroid dienone is 14. The van der Waals surface area contributed by atoms with Gasteiger partial charge in [0, 0.05) is 6.42 Å². The average Bonchev–Trinajstić information content (AvgIpc) is 3.23. The molecule has 0 aromatic heterocycles. The summed E-state index contributed by atoms with van der Waals surface area (Å²) in [7, 11) is 0. The van der Waals surface area contributed by atoms with Gasteiger partial charge in [-0.1, -0.05) is 228 Å². The third-order valence-corrected chi connectivity index (χ3v) is 10.6. The molecule has 6 heteroatoms. The zero-order chi connectivity index (χ0) is 43.1. The number of nitrogens with one attached hydrogen (secondary N) is 1. The van der Waals surface area contributed by atoms with E-state index in [1.165, 1.54) is 96.3 Å². The summed E-state index contributed by atoms with van der Waals surface area (Å²) in [5.41, 5.74) is 0. The highest BCUT2D eigenvalue weighted by Gasteiger charge is 2.24. The number of esters is 1. The molecule has 0 radical (unpaired) electrons. The second-order valence-corrected chi connectivity index (χ2v) is 16.3. The van der Waals surface area contributed by atoms with Crippen molar-refractivity contribution in [2.24, 2.45) is 0 Å². The summed E-state index contributed by atoms with van der Waals surface area (Å²) in [6.07, 6.45) is 59.3. The minimum atomic E-state index is -0.810. The van der Waals surface area contributed by atoms with Crippen LogP contribution in [0.5, 0.6) is 0 Å². The van der Waals surface area contributed by atoms with Crippen LogP contribution in [0.2, 0.25) is 0 Å². The van der Waals surface area contributed by atoms with E-state index in [0.717, 1.165) is 70.6 Å². The van der Waals surface area contributed by atoms with Crippen LogP contribution in [-0.4, -0.2) is 46.9 Å². The van der Waals surface area contributed by atoms with Crippen molar-refractivity contribution in [1.29, 1.82) is 0 Å². The van der Waals surface area contributed by atoms with Gasteiger partial charge in [0.1, 0.15) is 6.10 Å². The maximum atomic E-state index is 13.2. The fourth-order valence-corrected chi connectivity index (χ4v) is 6.98. The van der Waals surface area contributed by atoms with Crippen LogP contribution >= 0.6 is 0 Å². The Morgan fingerprint density at radius 3 is 1.42 bits per heavy atom. The number of carbonyl (C=O) groups is 2. The normalized spacial score (nSPS) is 14.1. The Morgan fingerprint density at radius 2 is 0.932 bits per heavy atom. The molecule has 0 fully saturated rings. The number of rotatable bonds is 42. The summed E-state index contributed by atoms with van der Waals surface area (Å²) in [5, 5.41) is 23.7. The molecular formula is C53H91NO5. The maximum absolute atomic E-state index is 13.2. The summed E-state index contributed by atoms with van der Waals surface area (Å²) >= 11 is 0. The number of ether oxygens (including phenoxy) is 1. The fraction of sp³-hybridized carbons (Fsp3) is 0.698. The van der Waals surface area contributed by atoms with Crippen LogP contribution in [0.25, 0.3) is 0 Å². The Labute approximate surface area is 363 Å². The standard InChI is InChI=1S/C53H91NO5/c1-4-7-10-13-16-19-22-24-26-28-31-34-37-40-43-46-53(58)59-49(44-41-38-35-32-29-21-18-15-12-9-6-3)47-52(57)54-50(48-55)51(56)45-42-39-36-33-30-27-25-23-20-17-14-11-8-5-2/h7,9-10,12-13,15-16,18-19,21-22,29,32,35,49-51,55-56H,4-6,8,11,14,17,20,23-28,30-31,33-34,36-48H2,1-3H3,(H,54,57)/b10-7+,12-9+,16-13+,18-15+,22-19+,29-21-,35-32-. The minimum absolute atomic E-state index is 0.0227. The summed E-state index contributed by atoms with van der Waals surface area (Å²) < 4.78 is 5.87. The molecule has 0 bridgehead atoms. The molecule has 3 N–H and O–H groups in total. The molecule has 0 saturated heterocycles. The Kier molecular flexibility index (Phi) is 43.8. The Hall–Kier alpha value is -2.96. The molecule has 0 aliphatic rings. The van der Waals surface area contributed by atoms with E-state index < -0.39 is 18.2 Å². The van der Waals surface area contributed by atoms with Crippen molar-refractivity contribution in [1.82, 2.24) is 5.32 Å². The highest BCUT2D eigenvalue weighted by molar-refractivity contribution is 5.77. The number of hydrogen-bond donors (Lipinski definition) is 3. The van der Waals surface area contributed by atoms with Gasteiger partial charge in [0.05, 0.1) is 25.2 Å². The highest BCUT2D eigenvalue weighted by atomic mass is 16.5. The van der Waals surface area contributed by atoms with Gasteiger partial charge in [-0.25, -0.2) is 0 Å². The van der Waals surface area contributed by atoms with Crippen molar-refractivity contribution >= 4 is 11.9 Å². The van der Waals surface area contributed by atoms with Crippen LogP contribution in [0.3, 0.4) is 0 Å². The first-order valence-electron chi connectivity index (χ1n) is 24.4. The number of amides is 1. The zero-order valence-corrected chi connectivity index (χ0v) is 38.4. The second-order valence-electron chi connectivity index (χ2n) is 16.3. The van der Waals surface area contributed by atoms with Crippen LogP contribution in [-0.2, 0) is 14.3 Å². The summed E-state index contributed by atoms with van der Waals surface area (Å²) in [4.78, 5) is 26.0. The molecule has 6 nitrogen and oxygen atoms in total. The zero-order valence-electron chi connectivity index (χ0n) is 38.4. The lowest BCUT2D eigenvalue weighted by atomic mass is 10.0. The molecule has 0 heterocycles. The van der Waals surface area contributed by atoms with Crippen LogP contribution in [0.1, 0.15) is 213 Å². The van der Waals surface area contributed by atoms with Crippen molar-refractivity contribution in [3.05, 3.63) is 85.1 Å². The first-order valence-corrected chi connectivity index (χ1v) is 24.4. The maximum Gasteiger partial charge on any atom is 0.306 e. The van der Waals surface area contributed by atoms with Crippen LogP contribution in [0, 0.1) is 0 Å². The number of aliphatic hydroxyl groups excluding tert-OH is 2. The molecule has 0 aliphatic heterocycles. The van der Waals surface area contributed by atoms with E-state index in [1.807, 2.05) is 36.5 Å². The van der Waals surface area contributed by atoms with Gasteiger partial charge < -0.3 is 20.3 Å². The lowest BCUT2D eigenvalue weighted by Gasteiger charge is -2.24. The van der Waals surface area contributed by atoms with Gasteiger partial charge in [-0.05, 0) is 57.8 Å². The van der Waals surface area contributed by atoms with Crippen molar-refractivity contribution in [3.63, 3.8) is 0 Å². The van der Waals surface area contributed by atoms with Crippen molar-refractivity contribution in [3.8, 4) is 0 Å². The molecule has 338 valence electrons. The number of unbranched alkanes of at least 4 members (excludes halogenated alkanes) is 21. The van der Waals surface area contributed by atoms with Crippen LogP contribution in [0.15, 0.2) is 85.1 Å². The number of carbonyl (C=O) groups excluding carboxylic acids is 2. The quantitative estimate of drug-likeness (QED) is 0.0324. The lowest BCUT2D eigenvalue weighted by molar-refractivity contribution is -0.151. The fourth-order valence-electron chi connectivity index (χ4n) is 6.98. The minimum Gasteiger partial charge on any atom is -0.462 e. The molecule has 3 unspecified atom stereocenters. The third-order valence-electron chi connectivity index (χ3n) is 10.6. The Morgan fingerprint density at radius 1 is 0.508 bits per heavy atom. The summed E-state index contributed by atoms with van der Waals surface area (Å²) in [5.74, 6) is -0.562. The molecule has 0 aromatic carbocycles. The lowest BCUT2D eigenvalue weighted by Crippen LogP contribution is -2.46. The van der Waals surface area contributed by atoms with Gasteiger partial charge in [-0.2, -0.15) is 0 Å². The van der Waals surface area contributed by atoms with E-state index in [1.54, 1.807) is 0 Å². The van der Waals surface area contributed by atoms with E-state index in [2.05, 4.69) is 74.7 Å². The Balaban J connectivity index is 4.63. The molecule has 1 amide bonds. The predicted molar refractivity (Wildman–Crippen MR) is 254 cm³/mol. The molecule has 0 spiro atoms. The van der Waals surface area contributed by atoms with Crippen molar-refractivity contribution in [2.75, 3.05) is 6.61 Å². The van der Waals surface area contributed by atoms with E-state index >= 15 is 0 Å². The van der Waals surface area contributed by atoms with Gasteiger partial charge in [0.2, 0.25) is 5.91 Å². The molecule has 0 aromatic rings. The molecular weight excluding hydrogens is 731 g/mol. The van der Waals surface area contributed by atoms with Crippen LogP contribution < -0.4 is 5.32 Å². The van der Waals surface area contributed by atoms with E-state index in [-0.39, 0.29) is 24.9 Å². The third kappa shape index (κ3) is 41.6. The Bertz CT molecular complexity index is 1150. The van der Waals surface area contributed by atoms with Gasteiger partial charge in [-0.15, -0.1) is 0 Å². The van der Waals surface area contributed by atoms with Crippen LogP contribution in [0.4, 0.5) is 0 Å². The van der Waals surface area contributed by atoms with Gasteiger partial charge in [-0.3, -0.25) is 9.59 Å². The van der Waals surface area contributed by atoms with E-state index in [4.69, 9.17) is 4.74 Å². The molecule has 3 atom stereocenters. The van der Waals surface area contributed by atoms with Gasteiger partial charge in [0.15, 0.2) is 0 Å². The van der Waals surface area contributed by atoms with Gasteiger partial charge >= 0.3 is 5.97 Å². The molecule has 0 aliphatic carbocycles. The average molecular weight is 822 g/mol. The van der Waals surface area contributed by atoms with Crippen molar-refractivity contribution in [2.45, 2.75) is 232 Å². The summed E-state index contributed by atoms with van der Waals surface area (Å²) in [6.45, 7) is 6.18. The first-order chi connectivity index (χ1) is 29.0. The van der Waals surface area contributed by atoms with Crippen molar-refractivity contribution < 1.29 is 24.5 Å². The highest BCUT2D eigenvalue weighted by Crippen LogP contribution is 2.17. The monoisotopic (exact) mass is 822 g/mol. The number of aliphatic hydroxyl groups is 2. The van der Waals surface area contributed by atoms with E-state index in [9.17, 15) is 19.8 Å². The smallest absolute Gasteiger partial charge is 0.306 e. The topological polar surface area (TPSA) is 95.9 Å². The molecule has 0 rings (SSSR count). The predicted octanol–water partition coefficient (Wildman–Crippen LogP) is 14.4. The largest absolute Gasteiger partial charge is 0.462 e. The number of hydrogen-bond acceptors (Lipinski definition) is 5. The van der Waals surface area contributed by atoms with Gasteiger partial charge in [0.25, 0.3) is 0 Å².